The third-order valence-corrected chi connectivity index (χ3v) is 7.70. The Kier molecular flexibility index (Phi) is 3.79. The summed E-state index contributed by atoms with van der Waals surface area (Å²) < 4.78 is 30.0. The molecule has 5 nitrogen and oxygen atoms in total. The highest BCUT2D eigenvalue weighted by atomic mass is 32.2. The number of likely N-dealkylation sites (N-methyl/N-ethyl adjacent to an activating group) is 1. The van der Waals surface area contributed by atoms with Crippen LogP contribution < -0.4 is 4.72 Å². The largest absolute Gasteiger partial charge is 0.355 e. The number of sulfonamides is 1. The van der Waals surface area contributed by atoms with Crippen molar-refractivity contribution in [2.75, 3.05) is 18.3 Å². The van der Waals surface area contributed by atoms with Crippen LogP contribution >= 0.6 is 11.3 Å². The number of aromatic nitrogens is 1. The average Bonchev–Trinajstić information content (AvgIpc) is 3.23. The second-order valence-electron chi connectivity index (χ2n) is 7.00. The van der Waals surface area contributed by atoms with Gasteiger partial charge in [-0.25, -0.2) is 8.42 Å². The Morgan fingerprint density at radius 1 is 1.11 bits per heavy atom. The van der Waals surface area contributed by atoms with Crippen LogP contribution in [0.4, 0.5) is 5.69 Å². The van der Waals surface area contributed by atoms with Gasteiger partial charge in [-0.2, -0.15) is 0 Å². The van der Waals surface area contributed by atoms with E-state index in [1.54, 1.807) is 5.38 Å². The first-order valence-electron chi connectivity index (χ1n) is 8.83. The summed E-state index contributed by atoms with van der Waals surface area (Å²) in [6.45, 7) is 1.86. The molecule has 0 atom stereocenters. The average molecular weight is 398 g/mol. The van der Waals surface area contributed by atoms with Gasteiger partial charge in [0, 0.05) is 39.6 Å². The van der Waals surface area contributed by atoms with E-state index >= 15 is 0 Å². The molecule has 0 fully saturated rings. The van der Waals surface area contributed by atoms with E-state index < -0.39 is 10.0 Å². The van der Waals surface area contributed by atoms with E-state index in [2.05, 4.69) is 27.7 Å². The summed E-state index contributed by atoms with van der Waals surface area (Å²) in [5.74, 6) is 0. The van der Waals surface area contributed by atoms with Crippen molar-refractivity contribution in [2.45, 2.75) is 17.9 Å². The molecule has 1 aliphatic heterocycles. The smallest absolute Gasteiger partial charge is 0.263 e. The van der Waals surface area contributed by atoms with E-state index in [1.165, 1.54) is 22.6 Å². The van der Waals surface area contributed by atoms with Gasteiger partial charge in [0.05, 0.1) is 11.2 Å². The van der Waals surface area contributed by atoms with Gasteiger partial charge in [-0.3, -0.25) is 4.72 Å². The number of thiophene rings is 1. The van der Waals surface area contributed by atoms with Crippen LogP contribution in [0, 0.1) is 0 Å². The molecular weight excluding hydrogens is 378 g/mol. The lowest BCUT2D eigenvalue weighted by molar-refractivity contribution is 0.310. The number of para-hydroxylation sites is 1. The highest BCUT2D eigenvalue weighted by molar-refractivity contribution is 7.93. The van der Waals surface area contributed by atoms with Gasteiger partial charge in [-0.05, 0) is 31.2 Å². The van der Waals surface area contributed by atoms with Crippen LogP contribution in [0.1, 0.15) is 11.3 Å². The molecule has 0 aliphatic carbocycles. The van der Waals surface area contributed by atoms with E-state index in [9.17, 15) is 8.42 Å². The van der Waals surface area contributed by atoms with Gasteiger partial charge in [0.25, 0.3) is 10.0 Å². The molecular formula is C20H19N3O2S2. The van der Waals surface area contributed by atoms with Crippen LogP contribution in [0.15, 0.2) is 52.7 Å². The van der Waals surface area contributed by atoms with Crippen molar-refractivity contribution < 1.29 is 8.42 Å². The molecule has 1 aliphatic rings. The van der Waals surface area contributed by atoms with Crippen molar-refractivity contribution in [3.8, 4) is 0 Å². The van der Waals surface area contributed by atoms with Crippen LogP contribution in [0.5, 0.6) is 0 Å². The minimum Gasteiger partial charge on any atom is -0.355 e. The summed E-state index contributed by atoms with van der Waals surface area (Å²) in [5.41, 5.74) is 3.93. The van der Waals surface area contributed by atoms with Crippen LogP contribution in [0.2, 0.25) is 0 Å². The molecule has 3 heterocycles. The molecule has 2 aromatic heterocycles. The molecule has 27 heavy (non-hydrogen) atoms. The number of benzene rings is 2. The number of H-pyrrole nitrogens is 1. The second kappa shape index (κ2) is 6.09. The van der Waals surface area contributed by atoms with Crippen LogP contribution in [-0.2, 0) is 23.0 Å². The number of hydrogen-bond donors (Lipinski definition) is 2. The van der Waals surface area contributed by atoms with Gasteiger partial charge >= 0.3 is 0 Å². The first-order chi connectivity index (χ1) is 13.0. The minimum absolute atomic E-state index is 0.330. The van der Waals surface area contributed by atoms with Gasteiger partial charge in [-0.1, -0.05) is 30.3 Å². The normalized spacial score (nSPS) is 15.3. The quantitative estimate of drug-likeness (QED) is 0.545. The highest BCUT2D eigenvalue weighted by Gasteiger charge is 2.23. The van der Waals surface area contributed by atoms with Crippen molar-refractivity contribution in [1.29, 1.82) is 0 Å². The minimum atomic E-state index is -3.67. The Labute approximate surface area is 161 Å². The number of nitrogens with one attached hydrogen (secondary N) is 2. The fourth-order valence-electron chi connectivity index (χ4n) is 3.85. The second-order valence-corrected chi connectivity index (χ2v) is 9.56. The number of nitrogens with zero attached hydrogens (tertiary/aromatic N) is 1. The number of anilines is 1. The predicted molar refractivity (Wildman–Crippen MR) is 111 cm³/mol. The number of rotatable bonds is 3. The molecule has 0 saturated heterocycles. The van der Waals surface area contributed by atoms with E-state index in [-0.39, 0.29) is 0 Å². The van der Waals surface area contributed by atoms with E-state index in [0.717, 1.165) is 40.5 Å². The first kappa shape index (κ1) is 16.8. The SMILES string of the molecule is CN1CCc2c([nH]c3c(NS(=O)(=O)c4csc5ccccc45)cccc23)C1. The molecule has 0 bridgehead atoms. The summed E-state index contributed by atoms with van der Waals surface area (Å²) >= 11 is 1.44. The molecule has 0 saturated carbocycles. The molecule has 0 radical (unpaired) electrons. The van der Waals surface area contributed by atoms with Gasteiger partial charge < -0.3 is 9.88 Å². The van der Waals surface area contributed by atoms with E-state index in [0.29, 0.717) is 10.6 Å². The Balaban J connectivity index is 1.60. The number of aromatic amines is 1. The van der Waals surface area contributed by atoms with Gasteiger partial charge in [-0.15, -0.1) is 11.3 Å². The molecule has 4 aromatic rings. The highest BCUT2D eigenvalue weighted by Crippen LogP contribution is 2.34. The summed E-state index contributed by atoms with van der Waals surface area (Å²) in [7, 11) is -1.57. The molecule has 0 spiro atoms. The summed E-state index contributed by atoms with van der Waals surface area (Å²) in [6.07, 6.45) is 0.969. The Bertz CT molecular complexity index is 1270. The van der Waals surface area contributed by atoms with Crippen molar-refractivity contribution in [1.82, 2.24) is 9.88 Å². The zero-order valence-corrected chi connectivity index (χ0v) is 16.5. The van der Waals surface area contributed by atoms with Crippen molar-refractivity contribution >= 4 is 48.0 Å². The molecule has 0 unspecified atom stereocenters. The summed E-state index contributed by atoms with van der Waals surface area (Å²) in [6, 6.07) is 13.4. The molecule has 0 amide bonds. The maximum absolute atomic E-state index is 13.1. The lowest BCUT2D eigenvalue weighted by atomic mass is 10.0. The van der Waals surface area contributed by atoms with Crippen LogP contribution in [-0.4, -0.2) is 31.9 Å². The zero-order valence-electron chi connectivity index (χ0n) is 14.8. The Morgan fingerprint density at radius 2 is 1.93 bits per heavy atom. The molecule has 138 valence electrons. The monoisotopic (exact) mass is 397 g/mol. The molecule has 2 N–H and O–H groups in total. The first-order valence-corrected chi connectivity index (χ1v) is 11.2. The third kappa shape index (κ3) is 2.74. The maximum atomic E-state index is 13.1. The fourth-order valence-corrected chi connectivity index (χ4v) is 6.42. The molecule has 7 heteroatoms. The van der Waals surface area contributed by atoms with Gasteiger partial charge in [0.15, 0.2) is 0 Å². The van der Waals surface area contributed by atoms with Gasteiger partial charge in [0.1, 0.15) is 4.90 Å². The van der Waals surface area contributed by atoms with E-state index in [1.807, 2.05) is 36.4 Å². The molecule has 5 rings (SSSR count). The zero-order chi connectivity index (χ0) is 18.6. The van der Waals surface area contributed by atoms with Crippen molar-refractivity contribution in [2.24, 2.45) is 0 Å². The lowest BCUT2D eigenvalue weighted by Gasteiger charge is -2.22. The number of fused-ring (bicyclic) bond motifs is 4. The lowest BCUT2D eigenvalue weighted by Crippen LogP contribution is -2.26. The van der Waals surface area contributed by atoms with Gasteiger partial charge in [0.2, 0.25) is 0 Å². The van der Waals surface area contributed by atoms with Crippen molar-refractivity contribution in [3.63, 3.8) is 0 Å². The van der Waals surface area contributed by atoms with Crippen LogP contribution in [0.3, 0.4) is 0 Å². The number of hydrogen-bond acceptors (Lipinski definition) is 4. The standard InChI is InChI=1S/C20H19N3O2S2/c1-23-10-9-13-14-6-4-7-16(20(14)21-17(13)11-23)22-27(24,25)19-12-26-18-8-3-2-5-15(18)19/h2-8,12,21-22H,9-11H2,1H3. The predicted octanol–water partition coefficient (Wildman–Crippen LogP) is 4.17. The fraction of sp³-hybridized carbons (Fsp3) is 0.200. The van der Waals surface area contributed by atoms with E-state index in [4.69, 9.17) is 0 Å². The topological polar surface area (TPSA) is 65.2 Å². The Morgan fingerprint density at radius 3 is 2.81 bits per heavy atom. The maximum Gasteiger partial charge on any atom is 0.263 e. The summed E-state index contributed by atoms with van der Waals surface area (Å²) in [5, 5.41) is 3.57. The Hall–Kier alpha value is -2.35. The summed E-state index contributed by atoms with van der Waals surface area (Å²) in [4.78, 5) is 6.05. The third-order valence-electron chi connectivity index (χ3n) is 5.18. The van der Waals surface area contributed by atoms with Crippen LogP contribution in [0.25, 0.3) is 21.0 Å². The van der Waals surface area contributed by atoms with Crippen molar-refractivity contribution in [3.05, 3.63) is 59.1 Å². The molecule has 2 aromatic carbocycles.